The molecule has 8 nitrogen and oxygen atoms in total. The highest BCUT2D eigenvalue weighted by Crippen LogP contribution is 2.17. The van der Waals surface area contributed by atoms with E-state index in [4.69, 9.17) is 0 Å². The van der Waals surface area contributed by atoms with Crippen LogP contribution in [0, 0.1) is 15.9 Å². The number of rotatable bonds is 5. The average molecular weight is 379 g/mol. The summed E-state index contributed by atoms with van der Waals surface area (Å²) in [6.45, 7) is 1.49. The predicted octanol–water partition coefficient (Wildman–Crippen LogP) is 3.25. The Morgan fingerprint density at radius 3 is 2.46 bits per heavy atom. The molecule has 0 saturated heterocycles. The highest BCUT2D eigenvalue weighted by Gasteiger charge is 2.14. The molecule has 0 fully saturated rings. The standard InChI is InChI=1S/C16H14FN3O5S/c1-11(12-5-7-13(17)8-6-12)10-26(24,25)19-16(21)18-14-3-2-4-15(9-14)20(22)23/h2-10H,1H3,(H2,18,19,21). The van der Waals surface area contributed by atoms with Gasteiger partial charge in [0.05, 0.1) is 10.3 Å². The quantitative estimate of drug-likeness (QED) is 0.611. The van der Waals surface area contributed by atoms with Crippen LogP contribution < -0.4 is 10.0 Å². The van der Waals surface area contributed by atoms with Crippen molar-refractivity contribution in [2.75, 3.05) is 5.32 Å². The van der Waals surface area contributed by atoms with Gasteiger partial charge in [-0.2, -0.15) is 0 Å². The highest BCUT2D eigenvalue weighted by atomic mass is 32.2. The van der Waals surface area contributed by atoms with Crippen molar-refractivity contribution in [1.82, 2.24) is 4.72 Å². The molecule has 0 aliphatic carbocycles. The largest absolute Gasteiger partial charge is 0.333 e. The van der Waals surface area contributed by atoms with Crippen molar-refractivity contribution in [1.29, 1.82) is 0 Å². The van der Waals surface area contributed by atoms with E-state index >= 15 is 0 Å². The Hall–Kier alpha value is -3.27. The minimum atomic E-state index is -4.14. The molecule has 2 aromatic rings. The van der Waals surface area contributed by atoms with Crippen LogP contribution in [0.1, 0.15) is 12.5 Å². The average Bonchev–Trinajstić information content (AvgIpc) is 2.54. The van der Waals surface area contributed by atoms with Crippen molar-refractivity contribution in [2.45, 2.75) is 6.92 Å². The van der Waals surface area contributed by atoms with E-state index in [1.807, 2.05) is 0 Å². The van der Waals surface area contributed by atoms with Gasteiger partial charge in [-0.15, -0.1) is 0 Å². The fourth-order valence-electron chi connectivity index (χ4n) is 2.03. The zero-order valence-electron chi connectivity index (χ0n) is 13.5. The van der Waals surface area contributed by atoms with Gasteiger partial charge in [0.2, 0.25) is 0 Å². The van der Waals surface area contributed by atoms with Gasteiger partial charge in [0.15, 0.2) is 0 Å². The Bertz CT molecular complexity index is 972. The molecule has 0 atom stereocenters. The number of benzene rings is 2. The Kier molecular flexibility index (Phi) is 5.68. The molecule has 0 aliphatic rings. The monoisotopic (exact) mass is 379 g/mol. The first-order chi connectivity index (χ1) is 12.2. The van der Waals surface area contributed by atoms with Crippen molar-refractivity contribution in [3.8, 4) is 0 Å². The number of nitro benzene ring substituents is 1. The fourth-order valence-corrected chi connectivity index (χ4v) is 3.00. The minimum Gasteiger partial charge on any atom is -0.307 e. The Balaban J connectivity index is 2.09. The second-order valence-corrected chi connectivity index (χ2v) is 6.75. The maximum atomic E-state index is 12.9. The molecule has 0 aliphatic heterocycles. The number of urea groups is 1. The van der Waals surface area contributed by atoms with Crippen molar-refractivity contribution in [3.63, 3.8) is 0 Å². The lowest BCUT2D eigenvalue weighted by molar-refractivity contribution is -0.384. The van der Waals surface area contributed by atoms with Crippen LogP contribution >= 0.6 is 0 Å². The van der Waals surface area contributed by atoms with Crippen molar-refractivity contribution >= 4 is 33.0 Å². The van der Waals surface area contributed by atoms with Crippen LogP contribution in [0.2, 0.25) is 0 Å². The number of halogens is 1. The van der Waals surface area contributed by atoms with E-state index in [9.17, 15) is 27.7 Å². The summed E-state index contributed by atoms with van der Waals surface area (Å²) < 4.78 is 38.7. The molecule has 2 N–H and O–H groups in total. The summed E-state index contributed by atoms with van der Waals surface area (Å²) in [5.74, 6) is -0.459. The van der Waals surface area contributed by atoms with E-state index in [0.717, 1.165) is 11.5 Å². The van der Waals surface area contributed by atoms with Gasteiger partial charge in [-0.3, -0.25) is 10.1 Å². The minimum absolute atomic E-state index is 0.0612. The number of nitrogens with zero attached hydrogens (tertiary/aromatic N) is 1. The van der Waals surface area contributed by atoms with E-state index in [1.165, 1.54) is 49.4 Å². The van der Waals surface area contributed by atoms with Gasteiger partial charge >= 0.3 is 6.03 Å². The number of sulfonamides is 1. The third-order valence-corrected chi connectivity index (χ3v) is 4.32. The number of nitro groups is 1. The third-order valence-electron chi connectivity index (χ3n) is 3.18. The first-order valence-corrected chi connectivity index (χ1v) is 8.73. The number of carbonyl (C=O) groups is 1. The zero-order chi connectivity index (χ0) is 19.3. The molecular formula is C16H14FN3O5S. The van der Waals surface area contributed by atoms with Gasteiger partial charge in [-0.05, 0) is 36.3 Å². The van der Waals surface area contributed by atoms with E-state index in [2.05, 4.69) is 5.32 Å². The molecular weight excluding hydrogens is 365 g/mol. The molecule has 0 radical (unpaired) electrons. The normalized spacial score (nSPS) is 11.7. The number of hydrogen-bond donors (Lipinski definition) is 2. The molecule has 136 valence electrons. The topological polar surface area (TPSA) is 118 Å². The lowest BCUT2D eigenvalue weighted by atomic mass is 10.1. The molecule has 10 heteroatoms. The molecule has 2 amide bonds. The third kappa shape index (κ3) is 5.38. The molecule has 2 rings (SSSR count). The summed E-state index contributed by atoms with van der Waals surface area (Å²) in [6.07, 6.45) is 0. The lowest BCUT2D eigenvalue weighted by Gasteiger charge is -2.07. The van der Waals surface area contributed by atoms with E-state index in [-0.39, 0.29) is 11.4 Å². The molecule has 0 bridgehead atoms. The maximum Gasteiger partial charge on any atom is 0.333 e. The summed E-state index contributed by atoms with van der Waals surface area (Å²) in [5, 5.41) is 13.7. The van der Waals surface area contributed by atoms with Crippen molar-refractivity contribution < 1.29 is 22.5 Å². The number of carbonyl (C=O) groups excluding carboxylic acids is 1. The Morgan fingerprint density at radius 1 is 1.19 bits per heavy atom. The molecule has 0 heterocycles. The summed E-state index contributed by atoms with van der Waals surface area (Å²) in [5.41, 5.74) is 0.570. The summed E-state index contributed by atoms with van der Waals surface area (Å²) in [4.78, 5) is 21.9. The number of allylic oxidation sites excluding steroid dienone is 1. The second kappa shape index (κ2) is 7.74. The van der Waals surface area contributed by atoms with E-state index < -0.39 is 26.8 Å². The van der Waals surface area contributed by atoms with Crippen LogP contribution in [-0.2, 0) is 10.0 Å². The first kappa shape index (κ1) is 19.1. The Labute approximate surface area is 148 Å². The number of nitrogens with one attached hydrogen (secondary N) is 2. The molecule has 0 spiro atoms. The Morgan fingerprint density at radius 2 is 1.85 bits per heavy atom. The lowest BCUT2D eigenvalue weighted by Crippen LogP contribution is -2.33. The summed E-state index contributed by atoms with van der Waals surface area (Å²) in [6, 6.07) is 9.14. The van der Waals surface area contributed by atoms with Crippen molar-refractivity contribution in [3.05, 3.63) is 75.4 Å². The van der Waals surface area contributed by atoms with Gasteiger partial charge in [0.1, 0.15) is 5.82 Å². The van der Waals surface area contributed by atoms with Gasteiger partial charge in [0, 0.05) is 17.8 Å². The van der Waals surface area contributed by atoms with Gasteiger partial charge in [0.25, 0.3) is 15.7 Å². The number of non-ortho nitro benzene ring substituents is 1. The van der Waals surface area contributed by atoms with Gasteiger partial charge < -0.3 is 5.32 Å². The highest BCUT2D eigenvalue weighted by molar-refractivity contribution is 7.93. The van der Waals surface area contributed by atoms with E-state index in [0.29, 0.717) is 11.1 Å². The molecule has 0 aromatic heterocycles. The SMILES string of the molecule is CC(=CS(=O)(=O)NC(=O)Nc1cccc([N+](=O)[O-])c1)c1ccc(F)cc1. The predicted molar refractivity (Wildman–Crippen MR) is 94.2 cm³/mol. The van der Waals surface area contributed by atoms with Crippen LogP contribution in [0.3, 0.4) is 0 Å². The van der Waals surface area contributed by atoms with Crippen molar-refractivity contribution in [2.24, 2.45) is 0 Å². The van der Waals surface area contributed by atoms with Crippen LogP contribution in [0.15, 0.2) is 53.9 Å². The maximum absolute atomic E-state index is 12.9. The van der Waals surface area contributed by atoms with E-state index in [1.54, 1.807) is 4.72 Å². The van der Waals surface area contributed by atoms with Gasteiger partial charge in [-0.1, -0.05) is 18.2 Å². The second-order valence-electron chi connectivity index (χ2n) is 5.22. The van der Waals surface area contributed by atoms with Gasteiger partial charge in [-0.25, -0.2) is 22.3 Å². The first-order valence-electron chi connectivity index (χ1n) is 7.19. The van der Waals surface area contributed by atoms with Crippen LogP contribution in [0.25, 0.3) is 5.57 Å². The molecule has 2 aromatic carbocycles. The molecule has 0 unspecified atom stereocenters. The zero-order valence-corrected chi connectivity index (χ0v) is 14.3. The number of amides is 2. The molecule has 0 saturated carbocycles. The molecule has 26 heavy (non-hydrogen) atoms. The number of hydrogen-bond acceptors (Lipinski definition) is 5. The summed E-state index contributed by atoms with van der Waals surface area (Å²) in [7, 11) is -4.14. The van der Waals surface area contributed by atoms with Crippen LogP contribution in [-0.4, -0.2) is 19.4 Å². The fraction of sp³-hybridized carbons (Fsp3) is 0.0625. The summed E-state index contributed by atoms with van der Waals surface area (Å²) >= 11 is 0. The van der Waals surface area contributed by atoms with Crippen LogP contribution in [0.5, 0.6) is 0 Å². The number of anilines is 1. The smallest absolute Gasteiger partial charge is 0.307 e. The van der Waals surface area contributed by atoms with Crippen LogP contribution in [0.4, 0.5) is 20.6 Å².